The van der Waals surface area contributed by atoms with Gasteiger partial charge in [-0.25, -0.2) is 0 Å². The minimum atomic E-state index is 0.0128. The fourth-order valence-corrected chi connectivity index (χ4v) is 3.41. The number of carbonyl (C=O) groups excluding carboxylic acids is 3. The van der Waals surface area contributed by atoms with Gasteiger partial charge in [-0.1, -0.05) is 27.7 Å². The molecule has 2 amide bonds. The van der Waals surface area contributed by atoms with Crippen LogP contribution in [0.15, 0.2) is 0 Å². The van der Waals surface area contributed by atoms with E-state index in [1.165, 1.54) is 0 Å². The van der Waals surface area contributed by atoms with E-state index in [-0.39, 0.29) is 29.7 Å². The number of hydrogen-bond donors (Lipinski definition) is 2. The van der Waals surface area contributed by atoms with Crippen LogP contribution in [0.25, 0.3) is 0 Å². The van der Waals surface area contributed by atoms with Gasteiger partial charge < -0.3 is 15.4 Å². The van der Waals surface area contributed by atoms with E-state index in [0.29, 0.717) is 44.3 Å². The Labute approximate surface area is 164 Å². The Morgan fingerprint density at radius 2 is 1.63 bits per heavy atom. The summed E-state index contributed by atoms with van der Waals surface area (Å²) in [7, 11) is 0. The third kappa shape index (κ3) is 10.5. The highest BCUT2D eigenvalue weighted by Gasteiger charge is 2.28. The molecule has 1 aliphatic rings. The van der Waals surface area contributed by atoms with Crippen molar-refractivity contribution in [1.29, 1.82) is 0 Å². The van der Waals surface area contributed by atoms with Crippen molar-refractivity contribution in [2.75, 3.05) is 19.8 Å². The highest BCUT2D eigenvalue weighted by atomic mass is 16.5. The second-order valence-electron chi connectivity index (χ2n) is 8.34. The van der Waals surface area contributed by atoms with Crippen LogP contribution in [0, 0.1) is 17.8 Å². The van der Waals surface area contributed by atoms with Gasteiger partial charge in [-0.05, 0) is 38.0 Å². The van der Waals surface area contributed by atoms with Crippen LogP contribution in [0.3, 0.4) is 0 Å². The monoisotopic (exact) mass is 382 g/mol. The molecule has 0 aromatic heterocycles. The summed E-state index contributed by atoms with van der Waals surface area (Å²) in [6.45, 7) is 9.49. The first-order chi connectivity index (χ1) is 12.8. The summed E-state index contributed by atoms with van der Waals surface area (Å²) in [6, 6.07) is 0.185. The van der Waals surface area contributed by atoms with E-state index < -0.39 is 0 Å². The number of Topliss-reactive ketones (excluding diaryl/α,β-unsaturated/α-hetero) is 1. The first-order valence-corrected chi connectivity index (χ1v) is 10.5. The molecule has 0 heterocycles. The predicted octanol–water partition coefficient (Wildman–Crippen LogP) is 2.85. The molecule has 27 heavy (non-hydrogen) atoms. The van der Waals surface area contributed by atoms with Gasteiger partial charge in [0.15, 0.2) is 0 Å². The van der Waals surface area contributed by atoms with Crippen molar-refractivity contribution in [2.24, 2.45) is 17.8 Å². The molecule has 0 spiro atoms. The summed E-state index contributed by atoms with van der Waals surface area (Å²) in [5.41, 5.74) is 0. The standard InChI is InChI=1S/C21H38N2O4/c1-15(2)14-20(25)22-11-5-12-27-13-10-19(24)23-18-8-6-17(7-9-18)21(26)16(3)4/h15-18H,5-14H2,1-4H3,(H,22,25)(H,23,24)/t17-,18+. The molecule has 0 aromatic rings. The quantitative estimate of drug-likeness (QED) is 0.508. The van der Waals surface area contributed by atoms with Gasteiger partial charge in [0.2, 0.25) is 11.8 Å². The van der Waals surface area contributed by atoms with E-state index in [4.69, 9.17) is 4.74 Å². The summed E-state index contributed by atoms with van der Waals surface area (Å²) in [5, 5.41) is 5.92. The van der Waals surface area contributed by atoms with Crippen LogP contribution in [0.4, 0.5) is 0 Å². The molecular weight excluding hydrogens is 344 g/mol. The summed E-state index contributed by atoms with van der Waals surface area (Å²) in [6.07, 6.45) is 5.16. The number of amides is 2. The zero-order valence-electron chi connectivity index (χ0n) is 17.5. The van der Waals surface area contributed by atoms with Crippen LogP contribution in [0.2, 0.25) is 0 Å². The smallest absolute Gasteiger partial charge is 0.222 e. The molecule has 0 saturated heterocycles. The van der Waals surface area contributed by atoms with Crippen molar-refractivity contribution in [2.45, 2.75) is 78.7 Å². The second-order valence-corrected chi connectivity index (χ2v) is 8.34. The Morgan fingerprint density at radius 3 is 2.22 bits per heavy atom. The lowest BCUT2D eigenvalue weighted by Crippen LogP contribution is -2.39. The number of ketones is 1. The molecule has 1 aliphatic carbocycles. The van der Waals surface area contributed by atoms with Gasteiger partial charge >= 0.3 is 0 Å². The summed E-state index contributed by atoms with van der Waals surface area (Å²) >= 11 is 0. The zero-order chi connectivity index (χ0) is 20.2. The van der Waals surface area contributed by atoms with Gasteiger partial charge in [-0.3, -0.25) is 14.4 Å². The number of nitrogens with one attached hydrogen (secondary N) is 2. The predicted molar refractivity (Wildman–Crippen MR) is 106 cm³/mol. The van der Waals surface area contributed by atoms with Crippen molar-refractivity contribution >= 4 is 17.6 Å². The first-order valence-electron chi connectivity index (χ1n) is 10.5. The van der Waals surface area contributed by atoms with Crippen molar-refractivity contribution < 1.29 is 19.1 Å². The molecule has 156 valence electrons. The van der Waals surface area contributed by atoms with Gasteiger partial charge in [0, 0.05) is 43.9 Å². The van der Waals surface area contributed by atoms with Gasteiger partial charge in [0.05, 0.1) is 6.61 Å². The van der Waals surface area contributed by atoms with E-state index in [2.05, 4.69) is 10.6 Å². The van der Waals surface area contributed by atoms with E-state index >= 15 is 0 Å². The Kier molecular flexibility index (Phi) is 11.3. The van der Waals surface area contributed by atoms with Gasteiger partial charge in [-0.2, -0.15) is 0 Å². The maximum Gasteiger partial charge on any atom is 0.222 e. The average molecular weight is 383 g/mol. The Balaban J connectivity index is 2.02. The second kappa shape index (κ2) is 12.9. The summed E-state index contributed by atoms with van der Waals surface area (Å²) in [4.78, 5) is 35.5. The number of ether oxygens (including phenoxy) is 1. The molecule has 0 aliphatic heterocycles. The molecule has 0 radical (unpaired) electrons. The summed E-state index contributed by atoms with van der Waals surface area (Å²) < 4.78 is 5.47. The highest BCUT2D eigenvalue weighted by molar-refractivity contribution is 5.83. The maximum atomic E-state index is 12.0. The van der Waals surface area contributed by atoms with E-state index in [0.717, 1.165) is 32.1 Å². The van der Waals surface area contributed by atoms with Crippen molar-refractivity contribution in [3.8, 4) is 0 Å². The third-order valence-corrected chi connectivity index (χ3v) is 4.92. The minimum Gasteiger partial charge on any atom is -0.381 e. The molecule has 0 unspecified atom stereocenters. The van der Waals surface area contributed by atoms with Crippen LogP contribution < -0.4 is 10.6 Å². The average Bonchev–Trinajstić information content (AvgIpc) is 2.60. The van der Waals surface area contributed by atoms with E-state index in [9.17, 15) is 14.4 Å². The molecule has 2 N–H and O–H groups in total. The molecule has 0 bridgehead atoms. The third-order valence-electron chi connectivity index (χ3n) is 4.92. The Hall–Kier alpha value is -1.43. The first kappa shape index (κ1) is 23.6. The molecule has 6 heteroatoms. The minimum absolute atomic E-state index is 0.0128. The lowest BCUT2D eigenvalue weighted by Gasteiger charge is -2.29. The molecule has 0 atom stereocenters. The van der Waals surface area contributed by atoms with Crippen LogP contribution in [0.1, 0.15) is 72.6 Å². The van der Waals surface area contributed by atoms with Crippen molar-refractivity contribution in [3.63, 3.8) is 0 Å². The lowest BCUT2D eigenvalue weighted by atomic mass is 9.80. The Bertz CT molecular complexity index is 469. The molecule has 6 nitrogen and oxygen atoms in total. The van der Waals surface area contributed by atoms with E-state index in [1.54, 1.807) is 0 Å². The molecular formula is C21H38N2O4. The maximum absolute atomic E-state index is 12.0. The van der Waals surface area contributed by atoms with Crippen molar-refractivity contribution in [3.05, 3.63) is 0 Å². The van der Waals surface area contributed by atoms with Gasteiger partial charge in [0.25, 0.3) is 0 Å². The van der Waals surface area contributed by atoms with Crippen molar-refractivity contribution in [1.82, 2.24) is 10.6 Å². The highest BCUT2D eigenvalue weighted by Crippen LogP contribution is 2.27. The van der Waals surface area contributed by atoms with Gasteiger partial charge in [-0.15, -0.1) is 0 Å². The largest absolute Gasteiger partial charge is 0.381 e. The molecule has 1 rings (SSSR count). The molecule has 1 fully saturated rings. The van der Waals surface area contributed by atoms with Crippen LogP contribution in [0.5, 0.6) is 0 Å². The topological polar surface area (TPSA) is 84.5 Å². The SMILES string of the molecule is CC(C)CC(=O)NCCCOCCC(=O)N[C@H]1CC[C@@H](C(=O)C(C)C)CC1. The van der Waals surface area contributed by atoms with E-state index in [1.807, 2.05) is 27.7 Å². The lowest BCUT2D eigenvalue weighted by molar-refractivity contribution is -0.127. The van der Waals surface area contributed by atoms with Crippen LogP contribution in [-0.4, -0.2) is 43.4 Å². The van der Waals surface area contributed by atoms with Gasteiger partial charge in [0.1, 0.15) is 5.78 Å². The zero-order valence-corrected chi connectivity index (χ0v) is 17.5. The number of hydrogen-bond acceptors (Lipinski definition) is 4. The Morgan fingerprint density at radius 1 is 0.963 bits per heavy atom. The summed E-state index contributed by atoms with van der Waals surface area (Å²) in [5.74, 6) is 1.08. The number of rotatable bonds is 12. The van der Waals surface area contributed by atoms with Crippen LogP contribution >= 0.6 is 0 Å². The normalized spacial score (nSPS) is 19.9. The fraction of sp³-hybridized carbons (Fsp3) is 0.857. The molecule has 1 saturated carbocycles. The number of carbonyl (C=O) groups is 3. The fourth-order valence-electron chi connectivity index (χ4n) is 3.41. The molecule has 0 aromatic carbocycles. The van der Waals surface area contributed by atoms with Crippen LogP contribution in [-0.2, 0) is 19.1 Å².